The van der Waals surface area contributed by atoms with E-state index in [0.29, 0.717) is 23.6 Å². The second kappa shape index (κ2) is 9.71. The number of carboxylic acid groups (broad SMARTS) is 1. The molecule has 0 saturated carbocycles. The lowest BCUT2D eigenvalue weighted by Gasteiger charge is -2.10. The molecule has 1 amide bonds. The fourth-order valence-electron chi connectivity index (χ4n) is 2.66. The Balaban J connectivity index is 1.76. The topological polar surface area (TPSA) is 102 Å². The van der Waals surface area contributed by atoms with Gasteiger partial charge in [-0.25, -0.2) is 0 Å². The first kappa shape index (κ1) is 20.4. The van der Waals surface area contributed by atoms with Crippen LogP contribution in [0.5, 0.6) is 5.75 Å². The largest absolute Gasteiger partial charge is 0.545 e. The zero-order valence-corrected chi connectivity index (χ0v) is 15.9. The number of anilines is 1. The zero-order valence-electron chi connectivity index (χ0n) is 15.9. The third kappa shape index (κ3) is 5.33. The SMILES string of the molecule is N#C/C(=C\c1ccccc1OCc1ccccc1)C(=O)Nc1ccc(C(=O)[O-])cc1. The summed E-state index contributed by atoms with van der Waals surface area (Å²) < 4.78 is 5.85. The number of aromatic carboxylic acids is 1. The second-order valence-electron chi connectivity index (χ2n) is 6.30. The summed E-state index contributed by atoms with van der Waals surface area (Å²) in [5.74, 6) is -1.38. The third-order valence-corrected chi connectivity index (χ3v) is 4.20. The van der Waals surface area contributed by atoms with E-state index in [1.807, 2.05) is 42.5 Å². The van der Waals surface area contributed by atoms with Crippen molar-refractivity contribution in [2.45, 2.75) is 6.61 Å². The summed E-state index contributed by atoms with van der Waals surface area (Å²) in [5, 5.41) is 22.8. The lowest BCUT2D eigenvalue weighted by Crippen LogP contribution is -2.22. The van der Waals surface area contributed by atoms with Crippen LogP contribution in [0.15, 0.2) is 84.4 Å². The predicted molar refractivity (Wildman–Crippen MR) is 110 cm³/mol. The van der Waals surface area contributed by atoms with Gasteiger partial charge in [-0.05, 0) is 35.4 Å². The summed E-state index contributed by atoms with van der Waals surface area (Å²) in [5.41, 5.74) is 1.82. The van der Waals surface area contributed by atoms with Crippen molar-refractivity contribution in [2.75, 3.05) is 5.32 Å². The second-order valence-corrected chi connectivity index (χ2v) is 6.30. The summed E-state index contributed by atoms with van der Waals surface area (Å²) in [7, 11) is 0. The van der Waals surface area contributed by atoms with E-state index < -0.39 is 11.9 Å². The molecule has 0 fully saturated rings. The normalized spacial score (nSPS) is 10.7. The van der Waals surface area contributed by atoms with Gasteiger partial charge in [0.1, 0.15) is 24.0 Å². The zero-order chi connectivity index (χ0) is 21.3. The van der Waals surface area contributed by atoms with Crippen molar-refractivity contribution in [2.24, 2.45) is 0 Å². The molecule has 0 aliphatic carbocycles. The van der Waals surface area contributed by atoms with Gasteiger partial charge in [0.2, 0.25) is 0 Å². The Morgan fingerprint density at radius 2 is 1.63 bits per heavy atom. The molecular weight excluding hydrogens is 380 g/mol. The minimum absolute atomic E-state index is 0.00598. The van der Waals surface area contributed by atoms with Gasteiger partial charge in [0.05, 0.1) is 5.97 Å². The fourth-order valence-corrected chi connectivity index (χ4v) is 2.66. The summed E-state index contributed by atoms with van der Waals surface area (Å²) in [6, 6.07) is 24.1. The number of hydrogen-bond donors (Lipinski definition) is 1. The quantitative estimate of drug-likeness (QED) is 0.487. The van der Waals surface area contributed by atoms with Crippen LogP contribution in [-0.2, 0) is 11.4 Å². The Kier molecular flexibility index (Phi) is 6.59. The monoisotopic (exact) mass is 397 g/mol. The molecule has 0 aliphatic rings. The summed E-state index contributed by atoms with van der Waals surface area (Å²) >= 11 is 0. The Hall–Kier alpha value is -4.37. The van der Waals surface area contributed by atoms with E-state index in [4.69, 9.17) is 4.74 Å². The standard InChI is InChI=1S/C24H18N2O4/c25-15-20(23(27)26-21-12-10-18(11-13-21)24(28)29)14-19-8-4-5-9-22(19)30-16-17-6-2-1-3-7-17/h1-14H,16H2,(H,26,27)(H,28,29)/p-1/b20-14+. The van der Waals surface area contributed by atoms with Gasteiger partial charge in [-0.15, -0.1) is 0 Å². The molecule has 0 radical (unpaired) electrons. The summed E-state index contributed by atoms with van der Waals surface area (Å²) in [6.07, 6.45) is 1.45. The van der Waals surface area contributed by atoms with Gasteiger partial charge >= 0.3 is 0 Å². The molecule has 0 spiro atoms. The van der Waals surface area contributed by atoms with E-state index in [1.54, 1.807) is 18.2 Å². The van der Waals surface area contributed by atoms with Crippen molar-refractivity contribution in [3.05, 3.63) is 101 Å². The molecule has 0 heterocycles. The van der Waals surface area contributed by atoms with Crippen LogP contribution in [0, 0.1) is 11.3 Å². The number of rotatable bonds is 7. The smallest absolute Gasteiger partial charge is 0.266 e. The maximum atomic E-state index is 12.5. The minimum Gasteiger partial charge on any atom is -0.545 e. The van der Waals surface area contributed by atoms with Gasteiger partial charge in [-0.1, -0.05) is 60.7 Å². The molecule has 1 N–H and O–H groups in total. The van der Waals surface area contributed by atoms with Crippen LogP contribution in [-0.4, -0.2) is 11.9 Å². The molecule has 3 rings (SSSR count). The van der Waals surface area contributed by atoms with Crippen molar-refractivity contribution < 1.29 is 19.4 Å². The molecule has 148 valence electrons. The number of carbonyl (C=O) groups excluding carboxylic acids is 2. The highest BCUT2D eigenvalue weighted by Crippen LogP contribution is 2.23. The van der Waals surface area contributed by atoms with Gasteiger partial charge in [0.15, 0.2) is 0 Å². The Morgan fingerprint density at radius 1 is 0.967 bits per heavy atom. The van der Waals surface area contributed by atoms with E-state index in [-0.39, 0.29) is 11.1 Å². The van der Waals surface area contributed by atoms with E-state index in [1.165, 1.54) is 30.3 Å². The summed E-state index contributed by atoms with van der Waals surface area (Å²) in [4.78, 5) is 23.3. The number of nitrogens with zero attached hydrogens (tertiary/aromatic N) is 1. The van der Waals surface area contributed by atoms with Crippen molar-refractivity contribution in [1.29, 1.82) is 5.26 Å². The highest BCUT2D eigenvalue weighted by molar-refractivity contribution is 6.10. The van der Waals surface area contributed by atoms with Crippen LogP contribution in [0.1, 0.15) is 21.5 Å². The first-order chi connectivity index (χ1) is 14.6. The van der Waals surface area contributed by atoms with E-state index in [0.717, 1.165) is 5.56 Å². The average molecular weight is 397 g/mol. The molecule has 6 heteroatoms. The lowest BCUT2D eigenvalue weighted by molar-refractivity contribution is -0.255. The van der Waals surface area contributed by atoms with Gasteiger partial charge in [0.25, 0.3) is 5.91 Å². The van der Waals surface area contributed by atoms with E-state index >= 15 is 0 Å². The Labute approximate surface area is 173 Å². The first-order valence-corrected chi connectivity index (χ1v) is 9.07. The molecule has 3 aromatic rings. The molecule has 3 aromatic carbocycles. The van der Waals surface area contributed by atoms with Crippen LogP contribution in [0.25, 0.3) is 6.08 Å². The number of nitrogens with one attached hydrogen (secondary N) is 1. The number of nitriles is 1. The molecular formula is C24H17N2O4-. The maximum Gasteiger partial charge on any atom is 0.266 e. The van der Waals surface area contributed by atoms with E-state index in [9.17, 15) is 20.0 Å². The molecule has 0 saturated heterocycles. The Bertz CT molecular complexity index is 1110. The summed E-state index contributed by atoms with van der Waals surface area (Å²) in [6.45, 7) is 0.352. The van der Waals surface area contributed by atoms with Gasteiger partial charge in [0, 0.05) is 11.3 Å². The molecule has 6 nitrogen and oxygen atoms in total. The van der Waals surface area contributed by atoms with Crippen molar-refractivity contribution in [3.8, 4) is 11.8 Å². The Morgan fingerprint density at radius 3 is 2.30 bits per heavy atom. The highest BCUT2D eigenvalue weighted by atomic mass is 16.5. The number of benzene rings is 3. The van der Waals surface area contributed by atoms with Crippen LogP contribution in [0.3, 0.4) is 0 Å². The highest BCUT2D eigenvalue weighted by Gasteiger charge is 2.11. The fraction of sp³-hybridized carbons (Fsp3) is 0.0417. The van der Waals surface area contributed by atoms with Gasteiger partial charge in [-0.3, -0.25) is 4.79 Å². The predicted octanol–water partition coefficient (Wildman–Crippen LogP) is 3.17. The molecule has 0 atom stereocenters. The lowest BCUT2D eigenvalue weighted by atomic mass is 10.1. The van der Waals surface area contributed by atoms with Crippen LogP contribution in [0.2, 0.25) is 0 Å². The van der Waals surface area contributed by atoms with Crippen molar-refractivity contribution in [1.82, 2.24) is 0 Å². The van der Waals surface area contributed by atoms with Gasteiger partial charge in [-0.2, -0.15) is 5.26 Å². The van der Waals surface area contributed by atoms with E-state index in [2.05, 4.69) is 5.32 Å². The van der Waals surface area contributed by atoms with Crippen LogP contribution >= 0.6 is 0 Å². The number of carboxylic acids is 1. The molecule has 0 aromatic heterocycles. The molecule has 0 unspecified atom stereocenters. The average Bonchev–Trinajstić information content (AvgIpc) is 2.77. The van der Waals surface area contributed by atoms with Crippen LogP contribution in [0.4, 0.5) is 5.69 Å². The number of ether oxygens (including phenoxy) is 1. The number of amides is 1. The first-order valence-electron chi connectivity index (χ1n) is 9.07. The number of hydrogen-bond acceptors (Lipinski definition) is 5. The van der Waals surface area contributed by atoms with Crippen LogP contribution < -0.4 is 15.2 Å². The maximum absolute atomic E-state index is 12.5. The number of carbonyl (C=O) groups is 2. The number of para-hydroxylation sites is 1. The molecule has 0 aliphatic heterocycles. The minimum atomic E-state index is -1.31. The van der Waals surface area contributed by atoms with Crippen molar-refractivity contribution in [3.63, 3.8) is 0 Å². The van der Waals surface area contributed by atoms with Crippen molar-refractivity contribution >= 4 is 23.6 Å². The molecule has 30 heavy (non-hydrogen) atoms. The van der Waals surface area contributed by atoms with Gasteiger partial charge < -0.3 is 20.0 Å². The third-order valence-electron chi connectivity index (χ3n) is 4.20. The molecule has 0 bridgehead atoms.